The van der Waals surface area contributed by atoms with Gasteiger partial charge in [-0.1, -0.05) is 158 Å². The minimum atomic E-state index is -8.78. The van der Waals surface area contributed by atoms with Gasteiger partial charge in [-0.3, -0.25) is 4.79 Å². The molecule has 52 heteroatoms. The minimum absolute atomic E-state index is 0.0146. The number of sulfonamides is 2. The summed E-state index contributed by atoms with van der Waals surface area (Å²) in [5, 5.41) is -19.9. The average Bonchev–Trinajstić information content (AvgIpc) is 0.815. The SMILES string of the molecule is CC(C)(C(=O)c1ccccc1)[S+]1CCCC1.CC(C)(C)c1ccc([S+]2CCCC2)cc1.CC(F)(F)C(F)(F)C(F)(F)F.COc1ccc([S+](c2ccccc2)c2ccccc2)cc1.CS(=O)(=O)C(F)(F)C(F)(F)C(F)(F)C(F)(F)C(F)(F)C(F)(F)C(F)(F)C(F)(F)F.Cc1cc(C(F)(F)F)cc(C(F)(F)F)c1.O=S1(=O)NS(=O)(=O)C(F)(F)C(F)(F)C1(F)F.c1ccc([S+](c2ccccc2)c2ccccc2)cc1. The van der Waals surface area contributed by atoms with Crippen LogP contribution in [0.25, 0.3) is 0 Å². The van der Waals surface area contributed by atoms with Gasteiger partial charge in [0.25, 0.3) is 20.0 Å². The molecule has 9 nitrogen and oxygen atoms in total. The molecule has 142 heavy (non-hydrogen) atoms. The van der Waals surface area contributed by atoms with Crippen LogP contribution in [0, 0.1) is 6.92 Å². The fourth-order valence-corrected chi connectivity index (χ4v) is 24.9. The number of sulfone groups is 1. The van der Waals surface area contributed by atoms with Crippen LogP contribution in [0.15, 0.2) is 283 Å². The molecule has 0 amide bonds. The van der Waals surface area contributed by atoms with E-state index in [1.807, 2.05) is 42.5 Å². The Morgan fingerprint density at radius 2 is 0.648 bits per heavy atom. The van der Waals surface area contributed by atoms with Crippen LogP contribution < -0.4 is 8.86 Å². The fourth-order valence-electron chi connectivity index (χ4n) is 12.1. The first-order chi connectivity index (χ1) is 64.3. The fraction of sp³-hybridized carbons (Fsp3) is 0.389. The van der Waals surface area contributed by atoms with E-state index in [0.29, 0.717) is 28.8 Å². The number of hydrogen-bond acceptors (Lipinski definition) is 8. The molecule has 0 aromatic heterocycles. The molecule has 3 saturated heterocycles. The Morgan fingerprint density at radius 1 is 0.366 bits per heavy atom. The number of nitrogens with one attached hydrogen (secondary N) is 1. The number of carbonyl (C=O) groups excluding carboxylic acids is 1. The number of rotatable bonds is 19. The maximum Gasteiger partial charge on any atom is 0.460 e. The molecule has 0 saturated carbocycles. The van der Waals surface area contributed by atoms with Gasteiger partial charge in [0.15, 0.2) is 39.0 Å². The zero-order valence-corrected chi connectivity index (χ0v) is 80.3. The molecule has 9 aromatic rings. The number of aryl methyl sites for hydroxylation is 1. The Hall–Kier alpha value is -8.86. The Kier molecular flexibility index (Phi) is 40.1. The Labute approximate surface area is 802 Å². The minimum Gasteiger partial charge on any atom is -0.497 e. The highest BCUT2D eigenvalue weighted by atomic mass is 32.3. The molecule has 3 aliphatic heterocycles. The summed E-state index contributed by atoms with van der Waals surface area (Å²) in [6.07, 6.45) is -19.1. The van der Waals surface area contributed by atoms with E-state index in [-0.39, 0.29) is 58.6 Å². The number of ether oxygens (including phenoxy) is 1. The molecule has 788 valence electrons. The van der Waals surface area contributed by atoms with Gasteiger partial charge in [-0.15, -0.1) is 0 Å². The van der Waals surface area contributed by atoms with E-state index in [4.69, 9.17) is 4.74 Å². The zero-order valence-electron chi connectivity index (χ0n) is 74.6. The van der Waals surface area contributed by atoms with Gasteiger partial charge in [0, 0.05) is 40.5 Å². The topological polar surface area (TPSA) is 141 Å². The number of alkyl halides is 36. The molecule has 1 N–H and O–H groups in total. The highest BCUT2D eigenvalue weighted by molar-refractivity contribution is 8.06. The molecule has 3 heterocycles. The van der Waals surface area contributed by atoms with E-state index in [0.717, 1.165) is 11.3 Å². The molecule has 0 aliphatic carbocycles. The van der Waals surface area contributed by atoms with E-state index in [1.54, 1.807) is 12.0 Å². The predicted molar refractivity (Wildman–Crippen MR) is 465 cm³/mol. The summed E-state index contributed by atoms with van der Waals surface area (Å²) in [5.74, 6) is -62.3. The lowest BCUT2D eigenvalue weighted by Gasteiger charge is -2.42. The van der Waals surface area contributed by atoms with Gasteiger partial charge >= 0.3 is 93.8 Å². The van der Waals surface area contributed by atoms with Gasteiger partial charge in [0.2, 0.25) is 15.6 Å². The van der Waals surface area contributed by atoms with Gasteiger partial charge in [0.05, 0.1) is 40.0 Å². The molecule has 12 rings (SSSR count). The van der Waals surface area contributed by atoms with Crippen LogP contribution in [-0.4, -0.2) is 154 Å². The third-order valence-corrected chi connectivity index (χ3v) is 35.0. The van der Waals surface area contributed by atoms with Gasteiger partial charge in [-0.05, 0) is 178 Å². The third-order valence-electron chi connectivity index (χ3n) is 20.0. The maximum absolute atomic E-state index is 13.1. The average molecular weight is 2220 g/mol. The highest BCUT2D eigenvalue weighted by Crippen LogP contribution is 2.65. The van der Waals surface area contributed by atoms with Crippen LogP contribution >= 0.6 is 0 Å². The first-order valence-electron chi connectivity index (χ1n) is 40.2. The first-order valence-corrected chi connectivity index (χ1v) is 50.6. The number of hydrogen-bond donors (Lipinski definition) is 1. The Balaban J connectivity index is 0.000000290. The molecule has 0 unspecified atom stereocenters. The molecule has 0 spiro atoms. The number of benzene rings is 9. The molecular weight excluding hydrogens is 2130 g/mol. The first kappa shape index (κ1) is 124. The summed E-state index contributed by atoms with van der Waals surface area (Å²) < 4.78 is 511. The monoisotopic (exact) mass is 2220 g/mol. The van der Waals surface area contributed by atoms with E-state index in [2.05, 4.69) is 223 Å². The second kappa shape index (κ2) is 46.1. The number of halogens is 36. The lowest BCUT2D eigenvalue weighted by molar-refractivity contribution is -0.458. The van der Waals surface area contributed by atoms with Crippen LogP contribution in [0.5, 0.6) is 5.75 Å². The third kappa shape index (κ3) is 28.1. The summed E-state index contributed by atoms with van der Waals surface area (Å²) in [4.78, 5) is 22.1. The largest absolute Gasteiger partial charge is 0.497 e. The quantitative estimate of drug-likeness (QED) is 0.0479. The van der Waals surface area contributed by atoms with E-state index in [1.165, 1.54) is 90.6 Å². The van der Waals surface area contributed by atoms with Crippen molar-refractivity contribution in [2.45, 2.75) is 212 Å². The molecular formula is C90H85F36NO8S7+4. The Bertz CT molecular complexity index is 5670. The zero-order chi connectivity index (χ0) is 109. The highest BCUT2D eigenvalue weighted by Gasteiger charge is 2.96. The number of carbonyl (C=O) groups is 1. The lowest BCUT2D eigenvalue weighted by Crippen LogP contribution is -2.74. The van der Waals surface area contributed by atoms with Gasteiger partial charge < -0.3 is 4.74 Å². The van der Waals surface area contributed by atoms with Gasteiger partial charge in [-0.25, -0.2) is 25.3 Å². The van der Waals surface area contributed by atoms with Crippen LogP contribution in [0.2, 0.25) is 0 Å². The van der Waals surface area contributed by atoms with Crippen molar-refractivity contribution in [3.05, 3.63) is 277 Å². The second-order valence-electron chi connectivity index (χ2n) is 32.0. The number of Topliss-reactive ketones (excluding diaryl/α,β-unsaturated/α-hetero) is 1. The van der Waals surface area contributed by atoms with Crippen molar-refractivity contribution in [2.75, 3.05) is 36.4 Å². The number of methoxy groups -OCH3 is 1. The van der Waals surface area contributed by atoms with E-state index >= 15 is 0 Å². The smallest absolute Gasteiger partial charge is 0.460 e. The Morgan fingerprint density at radius 3 is 0.915 bits per heavy atom. The summed E-state index contributed by atoms with van der Waals surface area (Å²) in [6.45, 7) is 11.8. The summed E-state index contributed by atoms with van der Waals surface area (Å²) in [7, 11) is -17.3. The summed E-state index contributed by atoms with van der Waals surface area (Å²) in [6, 6.07) is 82.3. The van der Waals surface area contributed by atoms with E-state index < -0.39 is 148 Å². The molecule has 0 radical (unpaired) electrons. The normalized spacial score (nSPS) is 16.6. The van der Waals surface area contributed by atoms with Crippen molar-refractivity contribution < 1.29 is 193 Å². The van der Waals surface area contributed by atoms with Crippen LogP contribution in [-0.2, 0) is 91.2 Å². The second-order valence-corrected chi connectivity index (χ2v) is 46.9. The summed E-state index contributed by atoms with van der Waals surface area (Å²) >= 11 is 0. The van der Waals surface area contributed by atoms with Crippen molar-refractivity contribution in [1.82, 2.24) is 4.13 Å². The van der Waals surface area contributed by atoms with Crippen molar-refractivity contribution in [3.63, 3.8) is 0 Å². The van der Waals surface area contributed by atoms with Crippen molar-refractivity contribution >= 4 is 79.2 Å². The van der Waals surface area contributed by atoms with Gasteiger partial charge in [0.1, 0.15) is 28.8 Å². The number of ketones is 1. The molecule has 3 fully saturated rings. The van der Waals surface area contributed by atoms with Crippen molar-refractivity contribution in [1.29, 1.82) is 0 Å². The predicted octanol–water partition coefficient (Wildman–Crippen LogP) is 28.3. The van der Waals surface area contributed by atoms with Crippen LogP contribution in [0.4, 0.5) is 158 Å². The molecule has 0 atom stereocenters. The van der Waals surface area contributed by atoms with Crippen LogP contribution in [0.3, 0.4) is 0 Å². The molecule has 0 bridgehead atoms. The molecule has 3 aliphatic rings. The van der Waals surface area contributed by atoms with Crippen LogP contribution in [0.1, 0.15) is 99.8 Å². The maximum atomic E-state index is 13.1. The van der Waals surface area contributed by atoms with Crippen molar-refractivity contribution in [3.8, 4) is 5.75 Å². The van der Waals surface area contributed by atoms with Gasteiger partial charge in [-0.2, -0.15) is 158 Å². The lowest BCUT2D eigenvalue weighted by atomic mass is 9.87. The van der Waals surface area contributed by atoms with E-state index in [9.17, 15) is 188 Å². The van der Waals surface area contributed by atoms with Crippen molar-refractivity contribution in [2.24, 2.45) is 0 Å². The standard InChI is InChI=1S/C19H17OS.C18H15S.C14H19OS.C14H21S.C9H3F17O2S.C9H6F6.C4H3F7.C3HF6NO4S2/c1-20-16-12-14-19(15-13-16)21(17-8-4-2-5-9-17)18-10-6-3-7-11-18;1-4-10-16(11-5-1)19(17-12-6-2-7-13-17)18-14-8-3-9-15-18;1-14(2,16-10-6-7-11-16)13(15)12-8-4-3-5-9-12;1-14(2,3)12-6-8-13(9-7-12)15-10-4-5-11-15;1-29(27,28)9(25,26)7(20,21)5(16,17)3(12,13)2(10,11)4(14,15)6(18,19)8(22,23)24;1-5-2-6(8(10,11)12)4-7(3-5)9(13,14)15;1-2(5,6)3(7,8)4(9,10)11;4-1(5)2(6,7)15(11,12)10-16(13,14)3(1,8)9/h2-15H,1H3;1-15H;3-5,8-9H,6-7,10-11H2,1-2H3;6-9H,4-5,10-11H2,1-3H3;1H3;2-4H,1H3;1H3;10H/q4*+1;;;;. The summed E-state index contributed by atoms with van der Waals surface area (Å²) in [5.41, 5.74) is -0.0279. The molecule has 9 aromatic carbocycles.